The molecule has 0 aliphatic carbocycles. The van der Waals surface area contributed by atoms with Gasteiger partial charge in [-0.2, -0.15) is 0 Å². The Morgan fingerprint density at radius 1 is 1.19 bits per heavy atom. The highest BCUT2D eigenvalue weighted by molar-refractivity contribution is 6.39. The molecule has 0 heterocycles. The summed E-state index contributed by atoms with van der Waals surface area (Å²) in [7, 11) is 2.98. The molecule has 21 heavy (non-hydrogen) atoms. The molecular weight excluding hydrogens is 276 g/mol. The van der Waals surface area contributed by atoms with Crippen molar-refractivity contribution in [3.05, 3.63) is 18.2 Å². The van der Waals surface area contributed by atoms with E-state index in [4.69, 9.17) is 14.6 Å². The third kappa shape index (κ3) is 4.64. The summed E-state index contributed by atoms with van der Waals surface area (Å²) in [5, 5.41) is 13.9. The second kappa shape index (κ2) is 8.11. The Kier molecular flexibility index (Phi) is 6.48. The van der Waals surface area contributed by atoms with Gasteiger partial charge in [-0.3, -0.25) is 9.59 Å². The smallest absolute Gasteiger partial charge is 0.313 e. The number of methoxy groups -OCH3 is 2. The Hall–Kier alpha value is -2.28. The van der Waals surface area contributed by atoms with Crippen molar-refractivity contribution in [2.45, 2.75) is 19.4 Å². The molecule has 3 N–H and O–H groups in total. The summed E-state index contributed by atoms with van der Waals surface area (Å²) in [6.45, 7) is 1.58. The molecule has 1 aromatic carbocycles. The number of aliphatic hydroxyl groups is 1. The quantitative estimate of drug-likeness (QED) is 0.665. The number of nitrogens with one attached hydrogen (secondary N) is 2. The summed E-state index contributed by atoms with van der Waals surface area (Å²) in [6.07, 6.45) is 0.534. The third-order valence-electron chi connectivity index (χ3n) is 2.90. The van der Waals surface area contributed by atoms with E-state index in [9.17, 15) is 9.59 Å². The fraction of sp³-hybridized carbons (Fsp3) is 0.429. The van der Waals surface area contributed by atoms with Crippen molar-refractivity contribution >= 4 is 17.5 Å². The van der Waals surface area contributed by atoms with Gasteiger partial charge in [-0.25, -0.2) is 0 Å². The average Bonchev–Trinajstić information content (AvgIpc) is 2.51. The molecule has 2 amide bonds. The standard InChI is InChI=1S/C14H20N2O5/c1-4-9(8-17)15-13(18)14(19)16-10-5-6-11(20-2)12(7-10)21-3/h5-7,9,17H,4,8H2,1-3H3,(H,15,18)(H,16,19). The van der Waals surface area contributed by atoms with Gasteiger partial charge in [-0.05, 0) is 18.6 Å². The molecular formula is C14H20N2O5. The fourth-order valence-corrected chi connectivity index (χ4v) is 1.63. The molecule has 7 nitrogen and oxygen atoms in total. The van der Waals surface area contributed by atoms with E-state index in [1.807, 2.05) is 0 Å². The van der Waals surface area contributed by atoms with Crippen LogP contribution in [0.15, 0.2) is 18.2 Å². The number of rotatable bonds is 6. The molecule has 0 bridgehead atoms. The molecule has 0 saturated heterocycles. The minimum atomic E-state index is -0.811. The van der Waals surface area contributed by atoms with Gasteiger partial charge in [0.05, 0.1) is 26.9 Å². The van der Waals surface area contributed by atoms with Crippen molar-refractivity contribution in [1.29, 1.82) is 0 Å². The number of carbonyl (C=O) groups is 2. The molecule has 0 aromatic heterocycles. The number of aliphatic hydroxyl groups excluding tert-OH is 1. The molecule has 0 aliphatic rings. The zero-order valence-corrected chi connectivity index (χ0v) is 12.3. The van der Waals surface area contributed by atoms with Gasteiger partial charge in [0.15, 0.2) is 11.5 Å². The number of carbonyl (C=O) groups excluding carboxylic acids is 2. The van der Waals surface area contributed by atoms with Crippen LogP contribution < -0.4 is 20.1 Å². The van der Waals surface area contributed by atoms with E-state index in [1.54, 1.807) is 25.1 Å². The number of ether oxygens (including phenoxy) is 2. The predicted octanol–water partition coefficient (Wildman–Crippen LogP) is 0.529. The maximum Gasteiger partial charge on any atom is 0.313 e. The number of anilines is 1. The molecule has 0 spiro atoms. The minimum absolute atomic E-state index is 0.216. The van der Waals surface area contributed by atoms with E-state index in [1.165, 1.54) is 14.2 Å². The lowest BCUT2D eigenvalue weighted by Gasteiger charge is -2.14. The van der Waals surface area contributed by atoms with Crippen molar-refractivity contribution in [1.82, 2.24) is 5.32 Å². The van der Waals surface area contributed by atoms with Crippen molar-refractivity contribution in [3.63, 3.8) is 0 Å². The van der Waals surface area contributed by atoms with E-state index < -0.39 is 17.9 Å². The molecule has 0 fully saturated rings. The van der Waals surface area contributed by atoms with E-state index in [2.05, 4.69) is 10.6 Å². The number of hydrogen-bond donors (Lipinski definition) is 3. The second-order valence-corrected chi connectivity index (χ2v) is 4.29. The summed E-state index contributed by atoms with van der Waals surface area (Å²) >= 11 is 0. The van der Waals surface area contributed by atoms with Crippen LogP contribution in [-0.4, -0.2) is 43.8 Å². The first kappa shape index (κ1) is 16.8. The summed E-state index contributed by atoms with van der Waals surface area (Å²) in [4.78, 5) is 23.4. The second-order valence-electron chi connectivity index (χ2n) is 4.29. The van der Waals surface area contributed by atoms with Gasteiger partial charge < -0.3 is 25.2 Å². The molecule has 0 saturated carbocycles. The zero-order chi connectivity index (χ0) is 15.8. The lowest BCUT2D eigenvalue weighted by atomic mass is 10.2. The predicted molar refractivity (Wildman–Crippen MR) is 77.5 cm³/mol. The van der Waals surface area contributed by atoms with Crippen LogP contribution in [0, 0.1) is 0 Å². The van der Waals surface area contributed by atoms with Gasteiger partial charge >= 0.3 is 11.8 Å². The van der Waals surface area contributed by atoms with Crippen LogP contribution in [0.1, 0.15) is 13.3 Å². The average molecular weight is 296 g/mol. The van der Waals surface area contributed by atoms with Gasteiger partial charge in [0.1, 0.15) is 0 Å². The van der Waals surface area contributed by atoms with Gasteiger partial charge in [-0.1, -0.05) is 6.92 Å². The molecule has 1 rings (SSSR count). The van der Waals surface area contributed by atoms with Gasteiger partial charge in [-0.15, -0.1) is 0 Å². The Balaban J connectivity index is 2.72. The highest BCUT2D eigenvalue weighted by atomic mass is 16.5. The minimum Gasteiger partial charge on any atom is -0.493 e. The first-order valence-corrected chi connectivity index (χ1v) is 6.50. The van der Waals surface area contributed by atoms with Crippen LogP contribution in [0.5, 0.6) is 11.5 Å². The van der Waals surface area contributed by atoms with Crippen molar-refractivity contribution in [2.75, 3.05) is 26.1 Å². The molecule has 0 aliphatic heterocycles. The van der Waals surface area contributed by atoms with Crippen LogP contribution in [-0.2, 0) is 9.59 Å². The maximum atomic E-state index is 11.8. The van der Waals surface area contributed by atoms with Crippen LogP contribution in [0.3, 0.4) is 0 Å². The van der Waals surface area contributed by atoms with Gasteiger partial charge in [0.2, 0.25) is 0 Å². The Bertz CT molecular complexity index is 500. The van der Waals surface area contributed by atoms with Gasteiger partial charge in [0.25, 0.3) is 0 Å². The molecule has 116 valence electrons. The van der Waals surface area contributed by atoms with Crippen LogP contribution >= 0.6 is 0 Å². The molecule has 0 radical (unpaired) electrons. The zero-order valence-electron chi connectivity index (χ0n) is 12.3. The van der Waals surface area contributed by atoms with Crippen LogP contribution in [0.2, 0.25) is 0 Å². The fourth-order valence-electron chi connectivity index (χ4n) is 1.63. The summed E-state index contributed by atoms with van der Waals surface area (Å²) in [5.41, 5.74) is 0.407. The maximum absolute atomic E-state index is 11.8. The highest BCUT2D eigenvalue weighted by Gasteiger charge is 2.17. The Morgan fingerprint density at radius 2 is 1.86 bits per heavy atom. The van der Waals surface area contributed by atoms with E-state index in [0.717, 1.165) is 0 Å². The van der Waals surface area contributed by atoms with Crippen molar-refractivity contribution in [2.24, 2.45) is 0 Å². The number of amides is 2. The topological polar surface area (TPSA) is 96.9 Å². The number of benzene rings is 1. The summed E-state index contributed by atoms with van der Waals surface area (Å²) in [6, 6.07) is 4.33. The monoisotopic (exact) mass is 296 g/mol. The summed E-state index contributed by atoms with van der Waals surface area (Å²) in [5.74, 6) is -0.649. The van der Waals surface area contributed by atoms with E-state index >= 15 is 0 Å². The Morgan fingerprint density at radius 3 is 2.38 bits per heavy atom. The van der Waals surface area contributed by atoms with Crippen LogP contribution in [0.25, 0.3) is 0 Å². The van der Waals surface area contributed by atoms with Gasteiger partial charge in [0, 0.05) is 11.8 Å². The summed E-state index contributed by atoms with van der Waals surface area (Å²) < 4.78 is 10.2. The SMILES string of the molecule is CCC(CO)NC(=O)C(=O)Nc1ccc(OC)c(OC)c1. The van der Waals surface area contributed by atoms with E-state index in [0.29, 0.717) is 23.6 Å². The lowest BCUT2D eigenvalue weighted by molar-refractivity contribution is -0.136. The van der Waals surface area contributed by atoms with Crippen molar-refractivity contribution < 1.29 is 24.2 Å². The normalized spacial score (nSPS) is 11.4. The molecule has 1 aromatic rings. The van der Waals surface area contributed by atoms with Crippen molar-refractivity contribution in [3.8, 4) is 11.5 Å². The Labute approximate surface area is 123 Å². The first-order valence-electron chi connectivity index (χ1n) is 6.50. The largest absolute Gasteiger partial charge is 0.493 e. The highest BCUT2D eigenvalue weighted by Crippen LogP contribution is 2.29. The molecule has 7 heteroatoms. The van der Waals surface area contributed by atoms with Crippen LogP contribution in [0.4, 0.5) is 5.69 Å². The lowest BCUT2D eigenvalue weighted by Crippen LogP contribution is -2.43. The molecule has 1 atom stereocenters. The number of hydrogen-bond acceptors (Lipinski definition) is 5. The first-order chi connectivity index (χ1) is 10.0. The van der Waals surface area contributed by atoms with E-state index in [-0.39, 0.29) is 6.61 Å². The third-order valence-corrected chi connectivity index (χ3v) is 2.90. The molecule has 1 unspecified atom stereocenters.